The summed E-state index contributed by atoms with van der Waals surface area (Å²) in [4.78, 5) is 0. The second-order valence-corrected chi connectivity index (χ2v) is 4.09. The lowest BCUT2D eigenvalue weighted by Gasteiger charge is -2.02. The first kappa shape index (κ1) is 12.1. The Bertz CT molecular complexity index is 494. The van der Waals surface area contributed by atoms with E-state index in [1.165, 1.54) is 11.1 Å². The van der Waals surface area contributed by atoms with Gasteiger partial charge in [0.2, 0.25) is 0 Å². The third-order valence-electron chi connectivity index (χ3n) is 2.04. The van der Waals surface area contributed by atoms with E-state index in [2.05, 4.69) is 44.9 Å². The molecule has 0 bridgehead atoms. The van der Waals surface area contributed by atoms with Crippen LogP contribution in [0.15, 0.2) is 70.3 Å². The molecule has 0 unspecified atom stereocenters. The maximum absolute atomic E-state index is 5.55. The van der Waals surface area contributed by atoms with Gasteiger partial charge in [-0.3, -0.25) is 0 Å². The van der Waals surface area contributed by atoms with Crippen molar-refractivity contribution in [3.63, 3.8) is 0 Å². The van der Waals surface area contributed by atoms with Crippen molar-refractivity contribution in [2.75, 3.05) is 0 Å². The van der Waals surface area contributed by atoms with Crippen molar-refractivity contribution in [2.45, 2.75) is 20.8 Å². The van der Waals surface area contributed by atoms with E-state index < -0.39 is 0 Å². The fourth-order valence-electron chi connectivity index (χ4n) is 1.43. The molecule has 1 nitrogen and oxygen atoms in total. The molecular formula is C15H17N. The van der Waals surface area contributed by atoms with E-state index in [0.717, 1.165) is 11.1 Å². The fraction of sp³-hybridized carbons (Fsp3) is 0.200. The summed E-state index contributed by atoms with van der Waals surface area (Å²) in [5.41, 5.74) is 16.3. The van der Waals surface area contributed by atoms with Crippen LogP contribution in [-0.2, 0) is 0 Å². The highest BCUT2D eigenvalue weighted by Gasteiger charge is 1.98. The third-order valence-corrected chi connectivity index (χ3v) is 2.04. The van der Waals surface area contributed by atoms with E-state index in [4.69, 9.17) is 5.73 Å². The average molecular weight is 211 g/mol. The highest BCUT2D eigenvalue weighted by atomic mass is 14.5. The first-order valence-corrected chi connectivity index (χ1v) is 5.21. The van der Waals surface area contributed by atoms with Gasteiger partial charge in [-0.1, -0.05) is 35.6 Å². The molecule has 0 amide bonds. The monoisotopic (exact) mass is 211 g/mol. The van der Waals surface area contributed by atoms with Gasteiger partial charge in [0.05, 0.1) is 5.70 Å². The molecular weight excluding hydrogens is 194 g/mol. The minimum absolute atomic E-state index is 0.599. The van der Waals surface area contributed by atoms with E-state index in [-0.39, 0.29) is 0 Å². The molecule has 0 radical (unpaired) electrons. The van der Waals surface area contributed by atoms with E-state index in [0.29, 0.717) is 5.70 Å². The van der Waals surface area contributed by atoms with Gasteiger partial charge in [0.25, 0.3) is 0 Å². The molecule has 0 spiro atoms. The SMILES string of the molecule is C=C(/C=C(/C)C=C(C)C)C1=C=C=C(N)C=C1. The summed E-state index contributed by atoms with van der Waals surface area (Å²) >= 11 is 0. The van der Waals surface area contributed by atoms with Crippen LogP contribution in [0.3, 0.4) is 0 Å². The number of rotatable bonds is 3. The van der Waals surface area contributed by atoms with Gasteiger partial charge in [0, 0.05) is 5.57 Å². The number of nitrogens with two attached hydrogens (primary N) is 1. The maximum Gasteiger partial charge on any atom is 0.0831 e. The van der Waals surface area contributed by atoms with Crippen molar-refractivity contribution in [2.24, 2.45) is 5.73 Å². The Morgan fingerprint density at radius 2 is 1.88 bits per heavy atom. The topological polar surface area (TPSA) is 26.0 Å². The summed E-state index contributed by atoms with van der Waals surface area (Å²) in [7, 11) is 0. The largest absolute Gasteiger partial charge is 0.392 e. The predicted octanol–water partition coefficient (Wildman–Crippen LogP) is 3.55. The summed E-state index contributed by atoms with van der Waals surface area (Å²) in [5, 5.41) is 0. The Morgan fingerprint density at radius 3 is 2.38 bits per heavy atom. The molecule has 0 saturated carbocycles. The second-order valence-electron chi connectivity index (χ2n) is 4.09. The van der Waals surface area contributed by atoms with Crippen LogP contribution >= 0.6 is 0 Å². The smallest absolute Gasteiger partial charge is 0.0831 e. The highest BCUT2D eigenvalue weighted by Crippen LogP contribution is 2.15. The summed E-state index contributed by atoms with van der Waals surface area (Å²) in [6.45, 7) is 10.2. The number of hydrogen-bond donors (Lipinski definition) is 1. The van der Waals surface area contributed by atoms with Crippen molar-refractivity contribution in [3.05, 3.63) is 70.3 Å². The molecule has 2 N–H and O–H groups in total. The minimum atomic E-state index is 0.599. The van der Waals surface area contributed by atoms with Gasteiger partial charge in [-0.25, -0.2) is 0 Å². The van der Waals surface area contributed by atoms with Crippen LogP contribution < -0.4 is 5.73 Å². The van der Waals surface area contributed by atoms with Gasteiger partial charge >= 0.3 is 0 Å². The normalized spacial score (nSPS) is 14.3. The molecule has 0 fully saturated rings. The Kier molecular flexibility index (Phi) is 3.96. The van der Waals surface area contributed by atoms with Crippen molar-refractivity contribution >= 4 is 0 Å². The first-order valence-electron chi connectivity index (χ1n) is 5.21. The number of allylic oxidation sites excluding steroid dienone is 8. The van der Waals surface area contributed by atoms with E-state index in [1.54, 1.807) is 6.08 Å². The lowest BCUT2D eigenvalue weighted by atomic mass is 10.0. The van der Waals surface area contributed by atoms with E-state index in [9.17, 15) is 0 Å². The van der Waals surface area contributed by atoms with Crippen molar-refractivity contribution in [1.82, 2.24) is 0 Å². The fourth-order valence-corrected chi connectivity index (χ4v) is 1.43. The molecule has 0 atom stereocenters. The van der Waals surface area contributed by atoms with Gasteiger partial charge in [0.1, 0.15) is 0 Å². The van der Waals surface area contributed by atoms with Crippen molar-refractivity contribution in [1.29, 1.82) is 0 Å². The van der Waals surface area contributed by atoms with Gasteiger partial charge in [0.15, 0.2) is 0 Å². The molecule has 16 heavy (non-hydrogen) atoms. The molecule has 1 aliphatic rings. The van der Waals surface area contributed by atoms with Gasteiger partial charge in [-0.2, -0.15) is 0 Å². The van der Waals surface area contributed by atoms with Crippen molar-refractivity contribution < 1.29 is 0 Å². The van der Waals surface area contributed by atoms with Crippen LogP contribution in [0, 0.1) is 0 Å². The molecule has 1 rings (SSSR count). The zero-order chi connectivity index (χ0) is 12.1. The molecule has 0 aromatic heterocycles. The van der Waals surface area contributed by atoms with E-state index >= 15 is 0 Å². The van der Waals surface area contributed by atoms with Crippen molar-refractivity contribution in [3.8, 4) is 0 Å². The van der Waals surface area contributed by atoms with Gasteiger partial charge in [-0.15, -0.1) is 0 Å². The molecule has 0 heterocycles. The zero-order valence-electron chi connectivity index (χ0n) is 10.1. The van der Waals surface area contributed by atoms with Crippen LogP contribution in [-0.4, -0.2) is 0 Å². The Balaban J connectivity index is 2.95. The van der Waals surface area contributed by atoms with Crippen LogP contribution in [0.25, 0.3) is 0 Å². The third kappa shape index (κ3) is 3.67. The molecule has 1 heteroatoms. The lowest BCUT2D eigenvalue weighted by Crippen LogP contribution is -1.93. The predicted molar refractivity (Wildman–Crippen MR) is 69.7 cm³/mol. The molecule has 1 aliphatic carbocycles. The number of hydrogen-bond acceptors (Lipinski definition) is 1. The molecule has 0 saturated heterocycles. The molecule has 82 valence electrons. The van der Waals surface area contributed by atoms with Gasteiger partial charge < -0.3 is 5.73 Å². The van der Waals surface area contributed by atoms with Crippen LogP contribution in [0.1, 0.15) is 20.8 Å². The maximum atomic E-state index is 5.55. The van der Waals surface area contributed by atoms with Crippen LogP contribution in [0.5, 0.6) is 0 Å². The quantitative estimate of drug-likeness (QED) is 0.560. The Labute approximate surface area is 97.4 Å². The van der Waals surface area contributed by atoms with Crippen LogP contribution in [0.2, 0.25) is 0 Å². The summed E-state index contributed by atoms with van der Waals surface area (Å²) < 4.78 is 0. The minimum Gasteiger partial charge on any atom is -0.392 e. The highest BCUT2D eigenvalue weighted by molar-refractivity contribution is 5.49. The summed E-state index contributed by atoms with van der Waals surface area (Å²) in [6, 6.07) is 0. The summed E-state index contributed by atoms with van der Waals surface area (Å²) in [6.07, 6.45) is 7.86. The molecule has 0 aromatic rings. The Hall–Kier alpha value is -1.94. The van der Waals surface area contributed by atoms with Gasteiger partial charge in [-0.05, 0) is 44.2 Å². The standard InChI is InChI=1S/C15H17N/c1-11(2)9-12(3)10-13(4)14-5-7-15(16)8-6-14/h5,7,9-10H,4,16H2,1-3H3/b12-10-. The van der Waals surface area contributed by atoms with E-state index in [1.807, 2.05) is 12.2 Å². The Morgan fingerprint density at radius 1 is 1.19 bits per heavy atom. The first-order chi connectivity index (χ1) is 7.49. The summed E-state index contributed by atoms with van der Waals surface area (Å²) in [5.74, 6) is 0. The molecule has 0 aliphatic heterocycles. The molecule has 0 aromatic carbocycles. The average Bonchev–Trinajstić information content (AvgIpc) is 2.16. The van der Waals surface area contributed by atoms with Crippen LogP contribution in [0.4, 0.5) is 0 Å². The second kappa shape index (κ2) is 5.23. The zero-order valence-corrected chi connectivity index (χ0v) is 10.1. The lowest BCUT2D eigenvalue weighted by molar-refractivity contribution is 1.34.